The molecule has 1 aromatic carbocycles. The minimum absolute atomic E-state index is 0.0285. The number of methoxy groups -OCH3 is 1. The van der Waals surface area contributed by atoms with Gasteiger partial charge in [-0.2, -0.15) is 0 Å². The zero-order valence-corrected chi connectivity index (χ0v) is 13.4. The van der Waals surface area contributed by atoms with E-state index in [9.17, 15) is 13.2 Å². The van der Waals surface area contributed by atoms with E-state index in [1.54, 1.807) is 7.11 Å². The lowest BCUT2D eigenvalue weighted by atomic mass is 9.82. The normalized spacial score (nSPS) is 21.0. The molecule has 1 aliphatic heterocycles. The van der Waals surface area contributed by atoms with Gasteiger partial charge in [0, 0.05) is 11.6 Å². The van der Waals surface area contributed by atoms with Gasteiger partial charge in [-0.1, -0.05) is 18.2 Å². The van der Waals surface area contributed by atoms with Crippen molar-refractivity contribution in [3.05, 3.63) is 29.8 Å². The standard InChI is InChI=1S/C15H21NO4S/c1-15(2,12-6-4-5-7-13(12)20-3)14(17)16-11-8-9-21(18,19)10-11/h4-7,11H,8-10H2,1-3H3,(H,16,17). The molecule has 1 heterocycles. The summed E-state index contributed by atoms with van der Waals surface area (Å²) in [6.07, 6.45) is 0.482. The number of ether oxygens (including phenoxy) is 1. The van der Waals surface area contributed by atoms with E-state index in [1.165, 1.54) is 0 Å². The predicted molar refractivity (Wildman–Crippen MR) is 81.2 cm³/mol. The Balaban J connectivity index is 2.17. The fraction of sp³-hybridized carbons (Fsp3) is 0.533. The van der Waals surface area contributed by atoms with E-state index in [4.69, 9.17) is 4.74 Å². The number of amides is 1. The summed E-state index contributed by atoms with van der Waals surface area (Å²) in [5.41, 5.74) is -0.00950. The summed E-state index contributed by atoms with van der Waals surface area (Å²) < 4.78 is 28.3. The quantitative estimate of drug-likeness (QED) is 0.909. The number of hydrogen-bond donors (Lipinski definition) is 1. The third-order valence-electron chi connectivity index (χ3n) is 3.92. The molecule has 0 aromatic heterocycles. The molecule has 1 aliphatic rings. The second kappa shape index (κ2) is 5.67. The number of rotatable bonds is 4. The highest BCUT2D eigenvalue weighted by atomic mass is 32.2. The van der Waals surface area contributed by atoms with E-state index < -0.39 is 15.3 Å². The second-order valence-corrected chi connectivity index (χ2v) is 8.13. The van der Waals surface area contributed by atoms with Crippen molar-refractivity contribution in [1.82, 2.24) is 5.32 Å². The fourth-order valence-electron chi connectivity index (χ4n) is 2.56. The summed E-state index contributed by atoms with van der Waals surface area (Å²) in [5.74, 6) is 0.638. The van der Waals surface area contributed by atoms with Gasteiger partial charge >= 0.3 is 0 Å². The monoisotopic (exact) mass is 311 g/mol. The summed E-state index contributed by atoms with van der Waals surface area (Å²) in [4.78, 5) is 12.5. The number of nitrogens with one attached hydrogen (secondary N) is 1. The number of carbonyl (C=O) groups excluding carboxylic acids is 1. The Morgan fingerprint density at radius 2 is 2.00 bits per heavy atom. The summed E-state index contributed by atoms with van der Waals surface area (Å²) >= 11 is 0. The zero-order chi connectivity index (χ0) is 15.7. The van der Waals surface area contributed by atoms with Gasteiger partial charge in [0.1, 0.15) is 5.75 Å². The van der Waals surface area contributed by atoms with Gasteiger partial charge < -0.3 is 10.1 Å². The highest BCUT2D eigenvalue weighted by molar-refractivity contribution is 7.91. The third-order valence-corrected chi connectivity index (χ3v) is 5.68. The van der Waals surface area contributed by atoms with Crippen molar-refractivity contribution in [1.29, 1.82) is 0 Å². The number of carbonyl (C=O) groups is 1. The van der Waals surface area contributed by atoms with Crippen LogP contribution in [0.15, 0.2) is 24.3 Å². The van der Waals surface area contributed by atoms with Crippen LogP contribution in [0.2, 0.25) is 0 Å². The van der Waals surface area contributed by atoms with Crippen LogP contribution in [0.25, 0.3) is 0 Å². The molecule has 116 valence electrons. The maximum Gasteiger partial charge on any atom is 0.230 e. The van der Waals surface area contributed by atoms with E-state index in [1.807, 2.05) is 38.1 Å². The molecule has 1 amide bonds. The summed E-state index contributed by atoms with van der Waals surface area (Å²) in [7, 11) is -1.44. The Hall–Kier alpha value is -1.56. The van der Waals surface area contributed by atoms with Gasteiger partial charge in [-0.25, -0.2) is 8.42 Å². The molecule has 1 fully saturated rings. The molecule has 0 saturated carbocycles. The molecule has 1 unspecified atom stereocenters. The average molecular weight is 311 g/mol. The van der Waals surface area contributed by atoms with Crippen LogP contribution in [0.4, 0.5) is 0 Å². The highest BCUT2D eigenvalue weighted by Crippen LogP contribution is 2.32. The molecule has 2 rings (SSSR count). The van der Waals surface area contributed by atoms with Crippen molar-refractivity contribution in [2.45, 2.75) is 31.7 Å². The highest BCUT2D eigenvalue weighted by Gasteiger charge is 2.36. The van der Waals surface area contributed by atoms with Crippen LogP contribution < -0.4 is 10.1 Å². The van der Waals surface area contributed by atoms with Crippen molar-refractivity contribution < 1.29 is 17.9 Å². The van der Waals surface area contributed by atoms with Crippen LogP contribution in [0, 0.1) is 0 Å². The second-order valence-electron chi connectivity index (χ2n) is 5.90. The fourth-order valence-corrected chi connectivity index (χ4v) is 4.23. The average Bonchev–Trinajstić information content (AvgIpc) is 2.77. The Bertz CT molecular complexity index is 637. The third kappa shape index (κ3) is 3.37. The molecule has 1 atom stereocenters. The molecule has 0 aliphatic carbocycles. The summed E-state index contributed by atoms with van der Waals surface area (Å²) in [6, 6.07) is 7.07. The first-order chi connectivity index (χ1) is 9.76. The molecular formula is C15H21NO4S. The SMILES string of the molecule is COc1ccccc1C(C)(C)C(=O)NC1CCS(=O)(=O)C1. The first-order valence-corrected chi connectivity index (χ1v) is 8.73. The molecule has 1 saturated heterocycles. The van der Waals surface area contributed by atoms with Crippen molar-refractivity contribution >= 4 is 15.7 Å². The van der Waals surface area contributed by atoms with Crippen LogP contribution in [0.5, 0.6) is 5.75 Å². The van der Waals surface area contributed by atoms with E-state index in [0.717, 1.165) is 5.56 Å². The lowest BCUT2D eigenvalue weighted by Crippen LogP contribution is -2.45. The van der Waals surface area contributed by atoms with E-state index in [2.05, 4.69) is 5.32 Å². The molecular weight excluding hydrogens is 290 g/mol. The summed E-state index contributed by atoms with van der Waals surface area (Å²) in [5, 5.41) is 2.85. The van der Waals surface area contributed by atoms with Crippen LogP contribution in [0.3, 0.4) is 0 Å². The van der Waals surface area contributed by atoms with Crippen LogP contribution in [-0.4, -0.2) is 39.0 Å². The first-order valence-electron chi connectivity index (χ1n) is 6.91. The van der Waals surface area contributed by atoms with E-state index >= 15 is 0 Å². The van der Waals surface area contributed by atoms with Crippen molar-refractivity contribution in [2.75, 3.05) is 18.6 Å². The Labute approximate surface area is 125 Å². The number of hydrogen-bond acceptors (Lipinski definition) is 4. The van der Waals surface area contributed by atoms with Crippen molar-refractivity contribution in [3.63, 3.8) is 0 Å². The molecule has 1 aromatic rings. The topological polar surface area (TPSA) is 72.5 Å². The molecule has 1 N–H and O–H groups in total. The van der Waals surface area contributed by atoms with E-state index in [0.29, 0.717) is 12.2 Å². The van der Waals surface area contributed by atoms with Crippen LogP contribution in [-0.2, 0) is 20.0 Å². The number of para-hydroxylation sites is 1. The molecule has 21 heavy (non-hydrogen) atoms. The minimum atomic E-state index is -3.00. The van der Waals surface area contributed by atoms with Gasteiger partial charge in [0.2, 0.25) is 5.91 Å². The van der Waals surface area contributed by atoms with Crippen LogP contribution >= 0.6 is 0 Å². The van der Waals surface area contributed by atoms with Gasteiger partial charge in [0.05, 0.1) is 24.0 Å². The molecule has 0 spiro atoms. The lowest BCUT2D eigenvalue weighted by Gasteiger charge is -2.27. The van der Waals surface area contributed by atoms with Gasteiger partial charge in [0.25, 0.3) is 0 Å². The Kier molecular flexibility index (Phi) is 4.27. The van der Waals surface area contributed by atoms with E-state index in [-0.39, 0.29) is 23.5 Å². The largest absolute Gasteiger partial charge is 0.496 e. The number of benzene rings is 1. The minimum Gasteiger partial charge on any atom is -0.496 e. The smallest absolute Gasteiger partial charge is 0.230 e. The Morgan fingerprint density at radius 1 is 1.33 bits per heavy atom. The molecule has 6 heteroatoms. The maximum absolute atomic E-state index is 12.5. The Morgan fingerprint density at radius 3 is 2.57 bits per heavy atom. The molecule has 0 radical (unpaired) electrons. The maximum atomic E-state index is 12.5. The van der Waals surface area contributed by atoms with Gasteiger partial charge in [-0.15, -0.1) is 0 Å². The lowest BCUT2D eigenvalue weighted by molar-refractivity contribution is -0.126. The van der Waals surface area contributed by atoms with Gasteiger partial charge in [0.15, 0.2) is 9.84 Å². The van der Waals surface area contributed by atoms with Crippen molar-refractivity contribution in [3.8, 4) is 5.75 Å². The number of sulfone groups is 1. The van der Waals surface area contributed by atoms with Crippen LogP contribution in [0.1, 0.15) is 25.8 Å². The summed E-state index contributed by atoms with van der Waals surface area (Å²) in [6.45, 7) is 3.62. The predicted octanol–water partition coefficient (Wildman–Crippen LogP) is 1.28. The molecule has 5 nitrogen and oxygen atoms in total. The van der Waals surface area contributed by atoms with Gasteiger partial charge in [-0.3, -0.25) is 4.79 Å². The molecule has 0 bridgehead atoms. The zero-order valence-electron chi connectivity index (χ0n) is 12.5. The first kappa shape index (κ1) is 15.8. The van der Waals surface area contributed by atoms with Gasteiger partial charge in [-0.05, 0) is 26.3 Å². The van der Waals surface area contributed by atoms with Crippen molar-refractivity contribution in [2.24, 2.45) is 0 Å².